The molecular weight excluding hydrogens is 268 g/mol. The first-order valence-electron chi connectivity index (χ1n) is 6.80. The standard InChI is InChI=1S/C16H18N2OS/c1-11-6-7-12(2)18(11)14-5-3-4-13(8-14)17-10-15(20)9-16(17)19/h3-8,15,20H,9-10H2,1-2H3. The summed E-state index contributed by atoms with van der Waals surface area (Å²) in [5.74, 6) is 0.156. The van der Waals surface area contributed by atoms with Crippen molar-refractivity contribution in [1.29, 1.82) is 0 Å². The van der Waals surface area contributed by atoms with E-state index in [0.717, 1.165) is 11.4 Å². The Kier molecular flexibility index (Phi) is 3.34. The topological polar surface area (TPSA) is 25.2 Å². The van der Waals surface area contributed by atoms with E-state index in [1.54, 1.807) is 0 Å². The summed E-state index contributed by atoms with van der Waals surface area (Å²) >= 11 is 4.41. The summed E-state index contributed by atoms with van der Waals surface area (Å²) in [7, 11) is 0. The largest absolute Gasteiger partial charge is 0.318 e. The molecule has 0 aliphatic carbocycles. The van der Waals surface area contributed by atoms with Gasteiger partial charge in [-0.15, -0.1) is 0 Å². The number of thiol groups is 1. The number of carbonyl (C=O) groups excluding carboxylic acids is 1. The van der Waals surface area contributed by atoms with Crippen molar-refractivity contribution in [3.63, 3.8) is 0 Å². The SMILES string of the molecule is Cc1ccc(C)n1-c1cccc(N2CC(S)CC2=O)c1. The number of nitrogens with zero attached hydrogens (tertiary/aromatic N) is 2. The Morgan fingerprint density at radius 2 is 1.75 bits per heavy atom. The van der Waals surface area contributed by atoms with Crippen molar-refractivity contribution in [2.24, 2.45) is 0 Å². The normalized spacial score (nSPS) is 18.9. The van der Waals surface area contributed by atoms with E-state index in [1.807, 2.05) is 17.0 Å². The molecule has 1 aliphatic heterocycles. The zero-order valence-corrected chi connectivity index (χ0v) is 12.6. The van der Waals surface area contributed by atoms with Gasteiger partial charge in [-0.05, 0) is 44.2 Å². The summed E-state index contributed by atoms with van der Waals surface area (Å²) in [6, 6.07) is 12.3. The summed E-state index contributed by atoms with van der Waals surface area (Å²) in [4.78, 5) is 13.8. The van der Waals surface area contributed by atoms with Crippen LogP contribution in [0, 0.1) is 13.8 Å². The van der Waals surface area contributed by atoms with E-state index in [2.05, 4.69) is 55.3 Å². The molecule has 1 atom stereocenters. The molecule has 1 aliphatic rings. The number of aromatic nitrogens is 1. The third kappa shape index (κ3) is 2.24. The second kappa shape index (κ2) is 5.02. The number of amides is 1. The lowest BCUT2D eigenvalue weighted by Crippen LogP contribution is -2.24. The van der Waals surface area contributed by atoms with E-state index in [9.17, 15) is 4.79 Å². The van der Waals surface area contributed by atoms with Crippen molar-refractivity contribution >= 4 is 24.2 Å². The van der Waals surface area contributed by atoms with Crippen LogP contribution >= 0.6 is 12.6 Å². The van der Waals surface area contributed by atoms with Crippen molar-refractivity contribution in [2.45, 2.75) is 25.5 Å². The van der Waals surface area contributed by atoms with Crippen molar-refractivity contribution in [3.05, 3.63) is 47.8 Å². The molecule has 0 saturated carbocycles. The van der Waals surface area contributed by atoms with E-state index in [-0.39, 0.29) is 11.2 Å². The van der Waals surface area contributed by atoms with Gasteiger partial charge in [0, 0.05) is 41.0 Å². The molecule has 0 radical (unpaired) electrons. The average molecular weight is 286 g/mol. The molecule has 1 unspecified atom stereocenters. The van der Waals surface area contributed by atoms with Gasteiger partial charge in [0.1, 0.15) is 0 Å². The smallest absolute Gasteiger partial charge is 0.228 e. The van der Waals surface area contributed by atoms with E-state index >= 15 is 0 Å². The van der Waals surface area contributed by atoms with Gasteiger partial charge in [-0.2, -0.15) is 12.6 Å². The lowest BCUT2D eigenvalue weighted by molar-refractivity contribution is -0.117. The fourth-order valence-corrected chi connectivity index (χ4v) is 3.13. The van der Waals surface area contributed by atoms with Crippen LogP contribution in [0.25, 0.3) is 5.69 Å². The molecule has 1 amide bonds. The van der Waals surface area contributed by atoms with Gasteiger partial charge in [0.25, 0.3) is 0 Å². The number of hydrogen-bond acceptors (Lipinski definition) is 2. The first kappa shape index (κ1) is 13.3. The number of aryl methyl sites for hydroxylation is 2. The van der Waals surface area contributed by atoms with Crippen LogP contribution in [0.3, 0.4) is 0 Å². The summed E-state index contributed by atoms with van der Waals surface area (Å²) < 4.78 is 2.20. The highest BCUT2D eigenvalue weighted by Gasteiger charge is 2.28. The molecule has 104 valence electrons. The maximum Gasteiger partial charge on any atom is 0.228 e. The molecule has 0 N–H and O–H groups in total. The van der Waals surface area contributed by atoms with Crippen LogP contribution in [-0.2, 0) is 4.79 Å². The van der Waals surface area contributed by atoms with Gasteiger partial charge in [0.2, 0.25) is 5.91 Å². The van der Waals surface area contributed by atoms with Gasteiger partial charge >= 0.3 is 0 Å². The number of rotatable bonds is 2. The van der Waals surface area contributed by atoms with Gasteiger partial charge in [0.15, 0.2) is 0 Å². The predicted octanol–water partition coefficient (Wildman–Crippen LogP) is 3.13. The number of benzene rings is 1. The third-order valence-electron chi connectivity index (χ3n) is 3.78. The van der Waals surface area contributed by atoms with Crippen molar-refractivity contribution < 1.29 is 4.79 Å². The number of hydrogen-bond donors (Lipinski definition) is 1. The van der Waals surface area contributed by atoms with E-state index in [4.69, 9.17) is 0 Å². The zero-order chi connectivity index (χ0) is 14.3. The molecule has 2 aromatic rings. The molecule has 1 aromatic carbocycles. The van der Waals surface area contributed by atoms with Gasteiger partial charge < -0.3 is 9.47 Å². The number of anilines is 1. The highest BCUT2D eigenvalue weighted by atomic mass is 32.1. The van der Waals surface area contributed by atoms with Gasteiger partial charge in [0.05, 0.1) is 0 Å². The van der Waals surface area contributed by atoms with Crippen LogP contribution < -0.4 is 4.90 Å². The Labute approximate surface area is 124 Å². The van der Waals surface area contributed by atoms with E-state index in [0.29, 0.717) is 13.0 Å². The van der Waals surface area contributed by atoms with Crippen LogP contribution in [0.5, 0.6) is 0 Å². The summed E-state index contributed by atoms with van der Waals surface area (Å²) in [6.07, 6.45) is 0.523. The lowest BCUT2D eigenvalue weighted by Gasteiger charge is -2.18. The average Bonchev–Trinajstić information content (AvgIpc) is 2.92. The summed E-state index contributed by atoms with van der Waals surface area (Å²) in [6.45, 7) is 4.86. The van der Waals surface area contributed by atoms with Gasteiger partial charge in [-0.25, -0.2) is 0 Å². The van der Waals surface area contributed by atoms with Crippen molar-refractivity contribution in [3.8, 4) is 5.69 Å². The minimum atomic E-state index is 0.140. The first-order valence-corrected chi connectivity index (χ1v) is 7.32. The molecule has 3 rings (SSSR count). The Morgan fingerprint density at radius 1 is 1.10 bits per heavy atom. The van der Waals surface area contributed by atoms with E-state index < -0.39 is 0 Å². The van der Waals surface area contributed by atoms with Gasteiger partial charge in [-0.3, -0.25) is 4.79 Å². The fourth-order valence-electron chi connectivity index (χ4n) is 2.81. The molecule has 3 nitrogen and oxygen atoms in total. The molecule has 1 saturated heterocycles. The highest BCUT2D eigenvalue weighted by Crippen LogP contribution is 2.27. The van der Waals surface area contributed by atoms with Gasteiger partial charge in [-0.1, -0.05) is 6.07 Å². The highest BCUT2D eigenvalue weighted by molar-refractivity contribution is 7.81. The predicted molar refractivity (Wildman–Crippen MR) is 85.0 cm³/mol. The monoisotopic (exact) mass is 286 g/mol. The van der Waals surface area contributed by atoms with E-state index in [1.165, 1.54) is 11.4 Å². The van der Waals surface area contributed by atoms with Crippen LogP contribution in [0.2, 0.25) is 0 Å². The van der Waals surface area contributed by atoms with Crippen molar-refractivity contribution in [2.75, 3.05) is 11.4 Å². The minimum absolute atomic E-state index is 0.140. The Balaban J connectivity index is 2.00. The lowest BCUT2D eigenvalue weighted by atomic mass is 10.2. The second-order valence-corrected chi connectivity index (χ2v) is 6.06. The molecule has 1 aromatic heterocycles. The second-order valence-electron chi connectivity index (χ2n) is 5.33. The van der Waals surface area contributed by atoms with Crippen LogP contribution in [0.1, 0.15) is 17.8 Å². The van der Waals surface area contributed by atoms with Crippen molar-refractivity contribution in [1.82, 2.24) is 4.57 Å². The molecule has 0 bridgehead atoms. The zero-order valence-electron chi connectivity index (χ0n) is 11.7. The molecule has 2 heterocycles. The maximum atomic E-state index is 12.0. The Hall–Kier alpha value is -1.68. The fraction of sp³-hybridized carbons (Fsp3) is 0.312. The molecule has 0 spiro atoms. The molecule has 20 heavy (non-hydrogen) atoms. The van der Waals surface area contributed by atoms with Crippen LogP contribution in [-0.4, -0.2) is 22.3 Å². The quantitative estimate of drug-likeness (QED) is 0.843. The molecular formula is C16H18N2OS. The number of carbonyl (C=O) groups is 1. The summed E-state index contributed by atoms with van der Waals surface area (Å²) in [5, 5.41) is 0.140. The summed E-state index contributed by atoms with van der Waals surface area (Å²) in [5.41, 5.74) is 4.44. The Bertz CT molecular complexity index is 643. The van der Waals surface area contributed by atoms with Crippen LogP contribution in [0.4, 0.5) is 5.69 Å². The molecule has 4 heteroatoms. The first-order chi connectivity index (χ1) is 9.56. The Morgan fingerprint density at radius 3 is 2.35 bits per heavy atom. The minimum Gasteiger partial charge on any atom is -0.318 e. The van der Waals surface area contributed by atoms with Crippen LogP contribution in [0.15, 0.2) is 36.4 Å². The maximum absolute atomic E-state index is 12.0. The molecule has 1 fully saturated rings. The third-order valence-corrected chi connectivity index (χ3v) is 4.12.